The van der Waals surface area contributed by atoms with Crippen molar-refractivity contribution in [1.29, 1.82) is 0 Å². The van der Waals surface area contributed by atoms with Crippen molar-refractivity contribution in [1.82, 2.24) is 15.3 Å². The Balaban J connectivity index is 2.06. The number of hydrogen-bond donors (Lipinski definition) is 2. The van der Waals surface area contributed by atoms with Gasteiger partial charge in [-0.1, -0.05) is 30.3 Å². The summed E-state index contributed by atoms with van der Waals surface area (Å²) in [5.41, 5.74) is 1.16. The van der Waals surface area contributed by atoms with E-state index in [2.05, 4.69) is 20.6 Å². The molecular formula is C15H18N4O. The lowest BCUT2D eigenvalue weighted by molar-refractivity contribution is -0.121. The van der Waals surface area contributed by atoms with Gasteiger partial charge >= 0.3 is 0 Å². The Morgan fingerprint density at radius 3 is 2.70 bits per heavy atom. The van der Waals surface area contributed by atoms with E-state index in [0.29, 0.717) is 12.2 Å². The molecule has 5 nitrogen and oxygen atoms in total. The Kier molecular flexibility index (Phi) is 4.65. The quantitative estimate of drug-likeness (QED) is 0.866. The van der Waals surface area contributed by atoms with Crippen molar-refractivity contribution < 1.29 is 4.79 Å². The van der Waals surface area contributed by atoms with E-state index in [1.165, 1.54) is 0 Å². The number of rotatable bonds is 5. The van der Waals surface area contributed by atoms with Gasteiger partial charge in [-0.25, -0.2) is 9.97 Å². The van der Waals surface area contributed by atoms with Crippen LogP contribution >= 0.6 is 0 Å². The Hall–Kier alpha value is -2.43. The average molecular weight is 270 g/mol. The van der Waals surface area contributed by atoms with Gasteiger partial charge in [0.1, 0.15) is 17.7 Å². The van der Waals surface area contributed by atoms with Gasteiger partial charge in [0.25, 0.3) is 0 Å². The molecule has 0 radical (unpaired) electrons. The smallest absolute Gasteiger partial charge is 0.241 e. The third-order valence-electron chi connectivity index (χ3n) is 2.91. The summed E-state index contributed by atoms with van der Waals surface area (Å²) in [5.74, 6) is 1.31. The van der Waals surface area contributed by atoms with Gasteiger partial charge in [-0.15, -0.1) is 0 Å². The molecule has 104 valence electrons. The minimum atomic E-state index is -0.334. The first-order valence-corrected chi connectivity index (χ1v) is 6.53. The highest BCUT2D eigenvalue weighted by Crippen LogP contribution is 2.08. The molecule has 1 aromatic heterocycles. The largest absolute Gasteiger partial charge is 0.359 e. The molecule has 0 saturated heterocycles. The van der Waals surface area contributed by atoms with Crippen molar-refractivity contribution in [3.8, 4) is 0 Å². The molecule has 1 aromatic carbocycles. The fraction of sp³-hybridized carbons (Fsp3) is 0.267. The highest BCUT2D eigenvalue weighted by Gasteiger charge is 2.11. The van der Waals surface area contributed by atoms with E-state index in [9.17, 15) is 4.79 Å². The maximum Gasteiger partial charge on any atom is 0.241 e. The first-order valence-electron chi connectivity index (χ1n) is 6.53. The standard InChI is InChI=1S/C15H18N4O/c1-11(15(20)16-2)18-13-8-9-17-14(19-13)10-12-6-4-3-5-7-12/h3-9,11H,10H2,1-2H3,(H,16,20)(H,17,18,19)/t11-/m1/s1. The van der Waals surface area contributed by atoms with E-state index < -0.39 is 0 Å². The van der Waals surface area contributed by atoms with Gasteiger partial charge in [-0.2, -0.15) is 0 Å². The molecule has 20 heavy (non-hydrogen) atoms. The van der Waals surface area contributed by atoms with E-state index >= 15 is 0 Å². The Labute approximate surface area is 118 Å². The number of benzene rings is 1. The molecule has 1 heterocycles. The lowest BCUT2D eigenvalue weighted by Gasteiger charge is -2.13. The molecule has 5 heteroatoms. The summed E-state index contributed by atoms with van der Waals surface area (Å²) >= 11 is 0. The Morgan fingerprint density at radius 1 is 1.25 bits per heavy atom. The first kappa shape index (κ1) is 14.0. The summed E-state index contributed by atoms with van der Waals surface area (Å²) in [6.45, 7) is 1.79. The summed E-state index contributed by atoms with van der Waals surface area (Å²) in [4.78, 5) is 20.2. The van der Waals surface area contributed by atoms with Gasteiger partial charge in [0.05, 0.1) is 0 Å². The zero-order chi connectivity index (χ0) is 14.4. The van der Waals surface area contributed by atoms with Gasteiger partial charge in [0, 0.05) is 19.7 Å². The van der Waals surface area contributed by atoms with Gasteiger partial charge in [-0.3, -0.25) is 4.79 Å². The van der Waals surface area contributed by atoms with Crippen LogP contribution < -0.4 is 10.6 Å². The zero-order valence-corrected chi connectivity index (χ0v) is 11.6. The normalized spacial score (nSPS) is 11.7. The van der Waals surface area contributed by atoms with Crippen LogP contribution in [-0.2, 0) is 11.2 Å². The van der Waals surface area contributed by atoms with Crippen molar-refractivity contribution in [3.05, 3.63) is 54.0 Å². The topological polar surface area (TPSA) is 66.9 Å². The summed E-state index contributed by atoms with van der Waals surface area (Å²) in [7, 11) is 1.61. The number of likely N-dealkylation sites (N-methyl/N-ethyl adjacent to an activating group) is 1. The molecule has 1 amide bonds. The van der Waals surface area contributed by atoms with Crippen LogP contribution in [-0.4, -0.2) is 29.0 Å². The van der Waals surface area contributed by atoms with Crippen molar-refractivity contribution in [2.24, 2.45) is 0 Å². The van der Waals surface area contributed by atoms with E-state index in [1.54, 1.807) is 26.2 Å². The fourth-order valence-electron chi connectivity index (χ4n) is 1.85. The number of hydrogen-bond acceptors (Lipinski definition) is 4. The molecule has 2 rings (SSSR count). The zero-order valence-electron chi connectivity index (χ0n) is 11.6. The van der Waals surface area contributed by atoms with Crippen molar-refractivity contribution in [2.45, 2.75) is 19.4 Å². The number of nitrogens with one attached hydrogen (secondary N) is 2. The summed E-state index contributed by atoms with van der Waals surface area (Å²) in [5, 5.41) is 5.65. The monoisotopic (exact) mass is 270 g/mol. The predicted molar refractivity (Wildman–Crippen MR) is 78.4 cm³/mol. The second-order valence-corrected chi connectivity index (χ2v) is 4.50. The number of aromatic nitrogens is 2. The first-order chi connectivity index (χ1) is 9.69. The molecule has 0 spiro atoms. The molecular weight excluding hydrogens is 252 g/mol. The molecule has 0 aliphatic rings. The molecule has 0 saturated carbocycles. The van der Waals surface area contributed by atoms with Crippen LogP contribution in [0.3, 0.4) is 0 Å². The molecule has 0 bridgehead atoms. The van der Waals surface area contributed by atoms with Gasteiger partial charge in [-0.05, 0) is 18.6 Å². The third kappa shape index (κ3) is 3.78. The second kappa shape index (κ2) is 6.65. The van der Waals surface area contributed by atoms with Gasteiger partial charge in [0.2, 0.25) is 5.91 Å². The van der Waals surface area contributed by atoms with Gasteiger partial charge < -0.3 is 10.6 Å². The van der Waals surface area contributed by atoms with Gasteiger partial charge in [0.15, 0.2) is 0 Å². The number of anilines is 1. The lowest BCUT2D eigenvalue weighted by Crippen LogP contribution is -2.35. The second-order valence-electron chi connectivity index (χ2n) is 4.50. The molecule has 2 aromatic rings. The molecule has 1 atom stereocenters. The van der Waals surface area contributed by atoms with E-state index in [0.717, 1.165) is 11.4 Å². The fourth-order valence-corrected chi connectivity index (χ4v) is 1.85. The maximum absolute atomic E-state index is 11.5. The maximum atomic E-state index is 11.5. The lowest BCUT2D eigenvalue weighted by atomic mass is 10.1. The van der Waals surface area contributed by atoms with Crippen molar-refractivity contribution >= 4 is 11.7 Å². The van der Waals surface area contributed by atoms with Crippen molar-refractivity contribution in [2.75, 3.05) is 12.4 Å². The molecule has 0 aliphatic carbocycles. The number of carbonyl (C=O) groups is 1. The van der Waals surface area contributed by atoms with Crippen molar-refractivity contribution in [3.63, 3.8) is 0 Å². The Bertz CT molecular complexity index is 571. The van der Waals surface area contributed by atoms with Crippen LogP contribution in [0.1, 0.15) is 18.3 Å². The van der Waals surface area contributed by atoms with E-state index in [-0.39, 0.29) is 11.9 Å². The van der Waals surface area contributed by atoms with E-state index in [4.69, 9.17) is 0 Å². The third-order valence-corrected chi connectivity index (χ3v) is 2.91. The summed E-state index contributed by atoms with van der Waals surface area (Å²) in [6, 6.07) is 11.5. The minimum absolute atomic E-state index is 0.0757. The van der Waals surface area contributed by atoms with Crippen LogP contribution in [0.25, 0.3) is 0 Å². The van der Waals surface area contributed by atoms with Crippen LogP contribution in [0.4, 0.5) is 5.82 Å². The molecule has 0 aliphatic heterocycles. The van der Waals surface area contributed by atoms with E-state index in [1.807, 2.05) is 30.3 Å². The van der Waals surface area contributed by atoms with Crippen LogP contribution in [0.5, 0.6) is 0 Å². The highest BCUT2D eigenvalue weighted by molar-refractivity contribution is 5.83. The molecule has 0 unspecified atom stereocenters. The summed E-state index contributed by atoms with van der Waals surface area (Å²) < 4.78 is 0. The Morgan fingerprint density at radius 2 is 2.00 bits per heavy atom. The molecule has 0 fully saturated rings. The predicted octanol–water partition coefficient (Wildman–Crippen LogP) is 1.61. The highest BCUT2D eigenvalue weighted by atomic mass is 16.2. The average Bonchev–Trinajstić information content (AvgIpc) is 2.47. The number of carbonyl (C=O) groups excluding carboxylic acids is 1. The van der Waals surface area contributed by atoms with Crippen LogP contribution in [0, 0.1) is 0 Å². The number of nitrogens with zero attached hydrogens (tertiary/aromatic N) is 2. The SMILES string of the molecule is CNC(=O)[C@@H](C)Nc1ccnc(Cc2ccccc2)n1. The summed E-state index contributed by atoms with van der Waals surface area (Å²) in [6.07, 6.45) is 2.37. The molecule has 2 N–H and O–H groups in total. The van der Waals surface area contributed by atoms with Crippen LogP contribution in [0.15, 0.2) is 42.6 Å². The minimum Gasteiger partial charge on any atom is -0.359 e. The number of amides is 1. The van der Waals surface area contributed by atoms with Crippen LogP contribution in [0.2, 0.25) is 0 Å².